The van der Waals surface area contributed by atoms with Gasteiger partial charge in [0, 0.05) is 37.9 Å². The normalized spacial score (nSPS) is 15.0. The van der Waals surface area contributed by atoms with Crippen molar-refractivity contribution in [2.45, 2.75) is 0 Å². The first kappa shape index (κ1) is 15.8. The van der Waals surface area contributed by atoms with Crippen LogP contribution in [0.25, 0.3) is 0 Å². The number of hydrogen-bond donors (Lipinski definition) is 1. The Bertz CT molecular complexity index is 672. The summed E-state index contributed by atoms with van der Waals surface area (Å²) in [5.41, 5.74) is 1.10. The van der Waals surface area contributed by atoms with Crippen molar-refractivity contribution in [3.63, 3.8) is 0 Å². The van der Waals surface area contributed by atoms with Gasteiger partial charge in [-0.3, -0.25) is 0 Å². The van der Waals surface area contributed by atoms with E-state index in [1.54, 1.807) is 18.2 Å². The summed E-state index contributed by atoms with van der Waals surface area (Å²) in [6.07, 6.45) is 0. The maximum absolute atomic E-state index is 6.34. The fraction of sp³-hybridized carbons (Fsp3) is 0.250. The molecule has 0 saturated carbocycles. The summed E-state index contributed by atoms with van der Waals surface area (Å²) in [6, 6.07) is 11.0. The second-order valence-corrected chi connectivity index (χ2v) is 6.25. The lowest BCUT2D eigenvalue weighted by Crippen LogP contribution is -2.43. The summed E-state index contributed by atoms with van der Waals surface area (Å²) >= 11 is 18.2. The highest BCUT2D eigenvalue weighted by molar-refractivity contribution is 6.42. The Morgan fingerprint density at radius 3 is 2.32 bits per heavy atom. The SMILES string of the molecule is Clc1ccc(Oc2ccc(N3CCNCC3)cc2Cl)cc1Cl. The van der Waals surface area contributed by atoms with Crippen LogP contribution in [0.3, 0.4) is 0 Å². The molecule has 3 nitrogen and oxygen atoms in total. The number of halogens is 3. The van der Waals surface area contributed by atoms with Gasteiger partial charge in [0.15, 0.2) is 0 Å². The fourth-order valence-electron chi connectivity index (χ4n) is 2.36. The van der Waals surface area contributed by atoms with E-state index in [4.69, 9.17) is 39.5 Å². The molecule has 1 heterocycles. The maximum Gasteiger partial charge on any atom is 0.146 e. The van der Waals surface area contributed by atoms with Gasteiger partial charge in [-0.05, 0) is 30.3 Å². The molecule has 0 aromatic heterocycles. The van der Waals surface area contributed by atoms with E-state index in [0.717, 1.165) is 31.9 Å². The third kappa shape index (κ3) is 3.61. The number of hydrogen-bond acceptors (Lipinski definition) is 3. The van der Waals surface area contributed by atoms with Crippen molar-refractivity contribution >= 4 is 40.5 Å². The van der Waals surface area contributed by atoms with Gasteiger partial charge in [0.2, 0.25) is 0 Å². The molecule has 1 aliphatic rings. The number of nitrogens with zero attached hydrogens (tertiary/aromatic N) is 1. The van der Waals surface area contributed by atoms with E-state index in [0.29, 0.717) is 26.6 Å². The lowest BCUT2D eigenvalue weighted by atomic mass is 10.2. The van der Waals surface area contributed by atoms with Gasteiger partial charge >= 0.3 is 0 Å². The molecule has 0 unspecified atom stereocenters. The van der Waals surface area contributed by atoms with Gasteiger partial charge in [0.1, 0.15) is 11.5 Å². The molecule has 0 atom stereocenters. The molecule has 0 amide bonds. The summed E-state index contributed by atoms with van der Waals surface area (Å²) in [4.78, 5) is 2.30. The van der Waals surface area contributed by atoms with E-state index in [9.17, 15) is 0 Å². The molecule has 0 spiro atoms. The fourth-order valence-corrected chi connectivity index (χ4v) is 2.86. The van der Waals surface area contributed by atoms with Gasteiger partial charge in [-0.1, -0.05) is 34.8 Å². The predicted octanol–water partition coefficient (Wildman–Crippen LogP) is 4.85. The lowest BCUT2D eigenvalue weighted by Gasteiger charge is -2.29. The molecule has 1 fully saturated rings. The van der Waals surface area contributed by atoms with Crippen LogP contribution in [0.15, 0.2) is 36.4 Å². The van der Waals surface area contributed by atoms with E-state index < -0.39 is 0 Å². The van der Waals surface area contributed by atoms with E-state index in [-0.39, 0.29) is 0 Å². The Morgan fingerprint density at radius 1 is 0.864 bits per heavy atom. The Morgan fingerprint density at radius 2 is 1.64 bits per heavy atom. The molecule has 22 heavy (non-hydrogen) atoms. The van der Waals surface area contributed by atoms with Gasteiger partial charge in [-0.2, -0.15) is 0 Å². The Balaban J connectivity index is 1.78. The van der Waals surface area contributed by atoms with Crippen molar-refractivity contribution in [2.24, 2.45) is 0 Å². The summed E-state index contributed by atoms with van der Waals surface area (Å²) in [6.45, 7) is 3.92. The van der Waals surface area contributed by atoms with Gasteiger partial charge < -0.3 is 15.0 Å². The highest BCUT2D eigenvalue weighted by Gasteiger charge is 2.13. The van der Waals surface area contributed by atoms with E-state index in [1.807, 2.05) is 18.2 Å². The van der Waals surface area contributed by atoms with Crippen molar-refractivity contribution in [2.75, 3.05) is 31.1 Å². The highest BCUT2D eigenvalue weighted by Crippen LogP contribution is 2.35. The molecular weight excluding hydrogens is 343 g/mol. The molecule has 1 aliphatic heterocycles. The molecule has 1 N–H and O–H groups in total. The monoisotopic (exact) mass is 356 g/mol. The largest absolute Gasteiger partial charge is 0.456 e. The van der Waals surface area contributed by atoms with E-state index in [1.165, 1.54) is 0 Å². The minimum absolute atomic E-state index is 0.452. The highest BCUT2D eigenvalue weighted by atomic mass is 35.5. The molecule has 2 aromatic rings. The van der Waals surface area contributed by atoms with Crippen molar-refractivity contribution < 1.29 is 4.74 Å². The third-order valence-electron chi connectivity index (χ3n) is 3.52. The average molecular weight is 358 g/mol. The first-order chi connectivity index (χ1) is 10.6. The summed E-state index contributed by atoms with van der Waals surface area (Å²) in [5, 5.41) is 4.85. The second kappa shape index (κ2) is 6.97. The number of ether oxygens (including phenoxy) is 1. The molecule has 2 aromatic carbocycles. The topological polar surface area (TPSA) is 24.5 Å². The molecular formula is C16H15Cl3N2O. The van der Waals surface area contributed by atoms with Crippen molar-refractivity contribution in [1.82, 2.24) is 5.32 Å². The van der Waals surface area contributed by atoms with Crippen LogP contribution in [0.4, 0.5) is 5.69 Å². The molecule has 6 heteroatoms. The van der Waals surface area contributed by atoms with Crippen molar-refractivity contribution in [1.29, 1.82) is 0 Å². The zero-order chi connectivity index (χ0) is 15.5. The number of rotatable bonds is 3. The molecule has 1 saturated heterocycles. The third-order valence-corrected chi connectivity index (χ3v) is 4.55. The van der Waals surface area contributed by atoms with Crippen LogP contribution in [-0.4, -0.2) is 26.2 Å². The van der Waals surface area contributed by atoms with Gasteiger partial charge in [-0.15, -0.1) is 0 Å². The van der Waals surface area contributed by atoms with E-state index >= 15 is 0 Å². The maximum atomic E-state index is 6.34. The first-order valence-corrected chi connectivity index (χ1v) is 8.15. The number of anilines is 1. The predicted molar refractivity (Wildman–Crippen MR) is 93.1 cm³/mol. The zero-order valence-corrected chi connectivity index (χ0v) is 14.0. The van der Waals surface area contributed by atoms with Crippen LogP contribution in [0.1, 0.15) is 0 Å². The number of benzene rings is 2. The quantitative estimate of drug-likeness (QED) is 0.850. The van der Waals surface area contributed by atoms with Crippen LogP contribution in [-0.2, 0) is 0 Å². The van der Waals surface area contributed by atoms with Gasteiger partial charge in [0.25, 0.3) is 0 Å². The van der Waals surface area contributed by atoms with Crippen LogP contribution >= 0.6 is 34.8 Å². The second-order valence-electron chi connectivity index (χ2n) is 5.03. The molecule has 0 radical (unpaired) electrons. The first-order valence-electron chi connectivity index (χ1n) is 7.01. The van der Waals surface area contributed by atoms with Crippen molar-refractivity contribution in [3.05, 3.63) is 51.5 Å². The molecule has 3 rings (SSSR count). The molecule has 0 aliphatic carbocycles. The number of nitrogens with one attached hydrogen (secondary N) is 1. The van der Waals surface area contributed by atoms with E-state index in [2.05, 4.69) is 10.2 Å². The minimum Gasteiger partial charge on any atom is -0.456 e. The molecule has 0 bridgehead atoms. The Kier molecular flexibility index (Phi) is 4.99. The van der Waals surface area contributed by atoms with Crippen LogP contribution in [0.5, 0.6) is 11.5 Å². The van der Waals surface area contributed by atoms with Gasteiger partial charge in [0.05, 0.1) is 15.1 Å². The number of piperazine rings is 1. The van der Waals surface area contributed by atoms with Gasteiger partial charge in [-0.25, -0.2) is 0 Å². The van der Waals surface area contributed by atoms with Crippen LogP contribution < -0.4 is 15.0 Å². The van der Waals surface area contributed by atoms with Crippen LogP contribution in [0.2, 0.25) is 15.1 Å². The summed E-state index contributed by atoms with van der Waals surface area (Å²) < 4.78 is 5.78. The minimum atomic E-state index is 0.452. The van der Waals surface area contributed by atoms with Crippen LogP contribution in [0, 0.1) is 0 Å². The summed E-state index contributed by atoms with van der Waals surface area (Å²) in [5.74, 6) is 1.20. The Labute approximate surface area is 144 Å². The average Bonchev–Trinajstić information content (AvgIpc) is 2.54. The zero-order valence-electron chi connectivity index (χ0n) is 11.8. The standard InChI is InChI=1S/C16H15Cl3N2O/c17-13-3-2-12(10-14(13)18)22-16-4-1-11(9-15(16)19)21-7-5-20-6-8-21/h1-4,9-10,20H,5-8H2. The smallest absolute Gasteiger partial charge is 0.146 e. The summed E-state index contributed by atoms with van der Waals surface area (Å²) in [7, 11) is 0. The molecule has 116 valence electrons. The lowest BCUT2D eigenvalue weighted by molar-refractivity contribution is 0.483. The van der Waals surface area contributed by atoms with Crippen molar-refractivity contribution in [3.8, 4) is 11.5 Å². The Hall–Kier alpha value is -1.13.